The maximum absolute atomic E-state index is 12.8. The average Bonchev–Trinajstić information content (AvgIpc) is 2.99. The molecule has 2 aliphatic rings. The van der Waals surface area contributed by atoms with Crippen molar-refractivity contribution in [1.82, 2.24) is 9.80 Å². The van der Waals surface area contributed by atoms with Crippen LogP contribution in [0.1, 0.15) is 18.4 Å². The number of carbonyl (C=O) groups is 2. The largest absolute Gasteiger partial charge is 0.481 e. The van der Waals surface area contributed by atoms with Gasteiger partial charge in [-0.15, -0.1) is 0 Å². The molecule has 2 amide bonds. The summed E-state index contributed by atoms with van der Waals surface area (Å²) in [5, 5.41) is 9.63. The first kappa shape index (κ1) is 17.7. The summed E-state index contributed by atoms with van der Waals surface area (Å²) in [7, 11) is 1.79. The predicted octanol–water partition coefficient (Wildman–Crippen LogP) is 2.09. The summed E-state index contributed by atoms with van der Waals surface area (Å²) >= 11 is 0. The molecule has 2 heterocycles. The van der Waals surface area contributed by atoms with E-state index in [-0.39, 0.29) is 11.4 Å². The minimum absolute atomic E-state index is 0.0782. The van der Waals surface area contributed by atoms with Crippen molar-refractivity contribution >= 4 is 12.0 Å². The van der Waals surface area contributed by atoms with Crippen LogP contribution >= 0.6 is 0 Å². The van der Waals surface area contributed by atoms with Crippen LogP contribution in [0.5, 0.6) is 0 Å². The highest BCUT2D eigenvalue weighted by molar-refractivity contribution is 5.78. The van der Waals surface area contributed by atoms with Crippen LogP contribution in [0.25, 0.3) is 0 Å². The Labute approximate surface area is 148 Å². The Morgan fingerprint density at radius 1 is 1.28 bits per heavy atom. The van der Waals surface area contributed by atoms with Crippen molar-refractivity contribution in [3.63, 3.8) is 0 Å². The molecule has 1 unspecified atom stereocenters. The number of rotatable bonds is 4. The zero-order valence-corrected chi connectivity index (χ0v) is 14.7. The summed E-state index contributed by atoms with van der Waals surface area (Å²) in [6.07, 6.45) is 2.21. The van der Waals surface area contributed by atoms with Crippen LogP contribution in [0, 0.1) is 11.3 Å². The first-order chi connectivity index (χ1) is 12.0. The van der Waals surface area contributed by atoms with E-state index < -0.39 is 11.9 Å². The van der Waals surface area contributed by atoms with Crippen molar-refractivity contribution in [1.29, 1.82) is 0 Å². The van der Waals surface area contributed by atoms with Gasteiger partial charge in [0.25, 0.3) is 0 Å². The van der Waals surface area contributed by atoms with Crippen molar-refractivity contribution in [3.05, 3.63) is 35.9 Å². The lowest BCUT2D eigenvalue weighted by molar-refractivity contribution is -0.146. The number of urea groups is 1. The van der Waals surface area contributed by atoms with Gasteiger partial charge in [0.1, 0.15) is 0 Å². The van der Waals surface area contributed by atoms with Gasteiger partial charge in [0.05, 0.1) is 5.92 Å². The normalized spacial score (nSPS) is 22.1. The highest BCUT2D eigenvalue weighted by Gasteiger charge is 2.52. The van der Waals surface area contributed by atoms with Gasteiger partial charge < -0.3 is 19.6 Å². The Hall–Kier alpha value is -2.08. The van der Waals surface area contributed by atoms with Crippen LogP contribution in [0.15, 0.2) is 30.3 Å². The third-order valence-electron chi connectivity index (χ3n) is 5.61. The number of carboxylic acid groups (broad SMARTS) is 1. The van der Waals surface area contributed by atoms with Gasteiger partial charge in [-0.3, -0.25) is 4.79 Å². The summed E-state index contributed by atoms with van der Waals surface area (Å²) in [4.78, 5) is 27.9. The molecule has 6 nitrogen and oxygen atoms in total. The van der Waals surface area contributed by atoms with Crippen molar-refractivity contribution in [2.24, 2.45) is 11.3 Å². The molecule has 0 saturated carbocycles. The lowest BCUT2D eigenvalue weighted by Gasteiger charge is -2.36. The molecule has 0 aromatic heterocycles. The molecule has 0 radical (unpaired) electrons. The minimum atomic E-state index is -0.802. The van der Waals surface area contributed by atoms with E-state index >= 15 is 0 Å². The van der Waals surface area contributed by atoms with E-state index in [1.54, 1.807) is 16.8 Å². The number of hydrogen-bond acceptors (Lipinski definition) is 3. The molecule has 1 aromatic rings. The van der Waals surface area contributed by atoms with Gasteiger partial charge in [-0.05, 0) is 24.8 Å². The second kappa shape index (κ2) is 7.44. The van der Waals surface area contributed by atoms with Crippen LogP contribution in [-0.2, 0) is 16.0 Å². The molecular formula is C19H26N2O4. The number of carbonyl (C=O) groups excluding carboxylic acids is 1. The molecule has 136 valence electrons. The number of amides is 2. The van der Waals surface area contributed by atoms with Gasteiger partial charge in [-0.1, -0.05) is 30.3 Å². The van der Waals surface area contributed by atoms with Crippen LogP contribution in [0.3, 0.4) is 0 Å². The van der Waals surface area contributed by atoms with Gasteiger partial charge >= 0.3 is 12.0 Å². The van der Waals surface area contributed by atoms with Crippen molar-refractivity contribution < 1.29 is 19.4 Å². The summed E-state index contributed by atoms with van der Waals surface area (Å²) in [5.41, 5.74) is 0.855. The molecule has 6 heteroatoms. The number of likely N-dealkylation sites (N-methyl/N-ethyl adjacent to an activating group) is 1. The van der Waals surface area contributed by atoms with Gasteiger partial charge in [0.15, 0.2) is 0 Å². The van der Waals surface area contributed by atoms with Gasteiger partial charge in [0, 0.05) is 45.3 Å². The monoisotopic (exact) mass is 346 g/mol. The molecule has 25 heavy (non-hydrogen) atoms. The number of hydrogen-bond donors (Lipinski definition) is 1. The second-order valence-corrected chi connectivity index (χ2v) is 7.19. The Kier molecular flexibility index (Phi) is 5.27. The smallest absolute Gasteiger partial charge is 0.319 e. The van der Waals surface area contributed by atoms with Crippen molar-refractivity contribution in [2.45, 2.75) is 19.3 Å². The number of benzene rings is 1. The maximum Gasteiger partial charge on any atom is 0.319 e. The zero-order valence-electron chi connectivity index (χ0n) is 14.7. The van der Waals surface area contributed by atoms with E-state index in [0.29, 0.717) is 45.7 Å². The van der Waals surface area contributed by atoms with Crippen LogP contribution < -0.4 is 0 Å². The molecule has 0 aliphatic carbocycles. The average molecular weight is 346 g/mol. The van der Waals surface area contributed by atoms with Crippen molar-refractivity contribution in [3.8, 4) is 0 Å². The topological polar surface area (TPSA) is 70.1 Å². The maximum atomic E-state index is 12.8. The third-order valence-corrected chi connectivity index (χ3v) is 5.61. The van der Waals surface area contributed by atoms with Crippen LogP contribution in [0.4, 0.5) is 4.79 Å². The lowest BCUT2D eigenvalue weighted by atomic mass is 9.72. The molecule has 1 aromatic carbocycles. The third kappa shape index (κ3) is 3.79. The van der Waals surface area contributed by atoms with Gasteiger partial charge in [-0.25, -0.2) is 4.79 Å². The number of ether oxygens (including phenoxy) is 1. The highest BCUT2D eigenvalue weighted by atomic mass is 16.5. The van der Waals surface area contributed by atoms with E-state index in [1.165, 1.54) is 5.56 Å². The van der Waals surface area contributed by atoms with E-state index in [0.717, 1.165) is 6.42 Å². The van der Waals surface area contributed by atoms with Crippen molar-refractivity contribution in [2.75, 3.05) is 39.9 Å². The fourth-order valence-corrected chi connectivity index (χ4v) is 4.02. The molecule has 0 bridgehead atoms. The van der Waals surface area contributed by atoms with Crippen LogP contribution in [0.2, 0.25) is 0 Å². The molecule has 2 aliphatic heterocycles. The number of nitrogens with zero attached hydrogens (tertiary/aromatic N) is 2. The lowest BCUT2D eigenvalue weighted by Crippen LogP contribution is -2.43. The Bertz CT molecular complexity index is 613. The number of likely N-dealkylation sites (tertiary alicyclic amines) is 1. The molecular weight excluding hydrogens is 320 g/mol. The first-order valence-corrected chi connectivity index (χ1v) is 8.86. The summed E-state index contributed by atoms with van der Waals surface area (Å²) in [6, 6.07) is 9.97. The van der Waals surface area contributed by atoms with Gasteiger partial charge in [0.2, 0.25) is 0 Å². The van der Waals surface area contributed by atoms with E-state index in [4.69, 9.17) is 4.74 Å². The fraction of sp³-hybridized carbons (Fsp3) is 0.579. The molecule has 2 fully saturated rings. The zero-order chi connectivity index (χ0) is 17.9. The van der Waals surface area contributed by atoms with Crippen LogP contribution in [-0.4, -0.2) is 66.8 Å². The molecule has 1 spiro atoms. The number of aliphatic carboxylic acids is 1. The van der Waals surface area contributed by atoms with E-state index in [1.807, 2.05) is 30.3 Å². The minimum Gasteiger partial charge on any atom is -0.481 e. The van der Waals surface area contributed by atoms with E-state index in [2.05, 4.69) is 0 Å². The fourth-order valence-electron chi connectivity index (χ4n) is 4.02. The molecule has 1 N–H and O–H groups in total. The second-order valence-electron chi connectivity index (χ2n) is 7.19. The SMILES string of the molecule is CN(CCc1ccccc1)C(=O)N1CC(C(=O)O)C2(CCOCC2)C1. The Morgan fingerprint density at radius 2 is 1.96 bits per heavy atom. The van der Waals surface area contributed by atoms with Gasteiger partial charge in [-0.2, -0.15) is 0 Å². The quantitative estimate of drug-likeness (QED) is 0.906. The molecule has 2 saturated heterocycles. The first-order valence-electron chi connectivity index (χ1n) is 8.86. The number of carboxylic acids is 1. The summed E-state index contributed by atoms with van der Waals surface area (Å²) in [5.74, 6) is -1.30. The standard InChI is InChI=1S/C19H26N2O4/c1-20(10-7-15-5-3-2-4-6-15)18(24)21-13-16(17(22)23)19(14-21)8-11-25-12-9-19/h2-6,16H,7-14H2,1H3,(H,22,23). The molecule has 3 rings (SSSR count). The summed E-state index contributed by atoms with van der Waals surface area (Å²) < 4.78 is 5.41. The Morgan fingerprint density at radius 3 is 2.60 bits per heavy atom. The Balaban J connectivity index is 1.62. The van der Waals surface area contributed by atoms with E-state index in [9.17, 15) is 14.7 Å². The predicted molar refractivity (Wildman–Crippen MR) is 93.4 cm³/mol. The summed E-state index contributed by atoms with van der Waals surface area (Å²) in [6.45, 7) is 2.59. The highest BCUT2D eigenvalue weighted by Crippen LogP contribution is 2.44. The molecule has 1 atom stereocenters.